The second-order valence-electron chi connectivity index (χ2n) is 6.19. The summed E-state index contributed by atoms with van der Waals surface area (Å²) in [4.78, 5) is 14.4. The lowest BCUT2D eigenvalue weighted by Crippen LogP contribution is -2.51. The summed E-state index contributed by atoms with van der Waals surface area (Å²) in [6.07, 6.45) is 7.31. The lowest BCUT2D eigenvalue weighted by Gasteiger charge is -2.39. The van der Waals surface area contributed by atoms with Gasteiger partial charge < -0.3 is 16.2 Å². The summed E-state index contributed by atoms with van der Waals surface area (Å²) in [7, 11) is 0. The van der Waals surface area contributed by atoms with Crippen molar-refractivity contribution in [2.24, 2.45) is 11.7 Å². The van der Waals surface area contributed by atoms with Crippen LogP contribution in [0.4, 0.5) is 0 Å². The maximum absolute atomic E-state index is 12.1. The van der Waals surface area contributed by atoms with Crippen LogP contribution in [0.25, 0.3) is 0 Å². The number of hydrogen-bond acceptors (Lipinski definition) is 4. The van der Waals surface area contributed by atoms with Gasteiger partial charge in [-0.1, -0.05) is 19.3 Å². The first-order valence-electron chi connectivity index (χ1n) is 8.12. The van der Waals surface area contributed by atoms with Crippen molar-refractivity contribution in [3.8, 4) is 0 Å². The topological polar surface area (TPSA) is 78.6 Å². The van der Waals surface area contributed by atoms with Crippen molar-refractivity contribution in [3.05, 3.63) is 0 Å². The number of carbonyl (C=O) groups is 1. The van der Waals surface area contributed by atoms with E-state index in [1.165, 1.54) is 12.8 Å². The number of nitrogens with two attached hydrogens (primary N) is 1. The van der Waals surface area contributed by atoms with Crippen molar-refractivity contribution >= 4 is 5.91 Å². The van der Waals surface area contributed by atoms with E-state index in [1.54, 1.807) is 0 Å². The standard InChI is InChI=1S/C15H29N3O2/c16-8-9-17-15(20)12-5-4-10-18(11-12)13-6-2-1-3-7-14(13)19/h12-14,19H,1-11,16H2,(H,17,20). The molecular weight excluding hydrogens is 254 g/mol. The number of nitrogens with zero attached hydrogens (tertiary/aromatic N) is 1. The second-order valence-corrected chi connectivity index (χ2v) is 6.19. The molecule has 2 fully saturated rings. The Bertz CT molecular complexity index is 311. The molecule has 1 saturated heterocycles. The molecule has 5 nitrogen and oxygen atoms in total. The molecule has 0 aromatic heterocycles. The van der Waals surface area contributed by atoms with Gasteiger partial charge in [-0.05, 0) is 32.2 Å². The molecule has 5 heteroatoms. The monoisotopic (exact) mass is 283 g/mol. The van der Waals surface area contributed by atoms with Crippen molar-refractivity contribution in [2.45, 2.75) is 57.1 Å². The maximum Gasteiger partial charge on any atom is 0.224 e. The van der Waals surface area contributed by atoms with Gasteiger partial charge in [0.2, 0.25) is 5.91 Å². The Hall–Kier alpha value is -0.650. The fourth-order valence-corrected chi connectivity index (χ4v) is 3.56. The van der Waals surface area contributed by atoms with E-state index in [0.29, 0.717) is 13.1 Å². The SMILES string of the molecule is NCCNC(=O)C1CCCN(C2CCCCCC2O)C1. The molecule has 116 valence electrons. The summed E-state index contributed by atoms with van der Waals surface area (Å²) in [5.41, 5.74) is 5.43. The minimum absolute atomic E-state index is 0.0609. The number of amides is 1. The highest BCUT2D eigenvalue weighted by atomic mass is 16.3. The van der Waals surface area contributed by atoms with Crippen LogP contribution in [-0.4, -0.2) is 54.2 Å². The predicted octanol–water partition coefficient (Wildman–Crippen LogP) is 0.467. The van der Waals surface area contributed by atoms with Crippen LogP contribution in [0.1, 0.15) is 44.9 Å². The maximum atomic E-state index is 12.1. The quantitative estimate of drug-likeness (QED) is 0.655. The smallest absolute Gasteiger partial charge is 0.224 e. The first-order chi connectivity index (χ1) is 9.72. The van der Waals surface area contributed by atoms with Gasteiger partial charge in [-0.3, -0.25) is 9.69 Å². The highest BCUT2D eigenvalue weighted by Gasteiger charge is 2.33. The van der Waals surface area contributed by atoms with E-state index in [1.807, 2.05) is 0 Å². The van der Waals surface area contributed by atoms with Crippen molar-refractivity contribution in [1.82, 2.24) is 10.2 Å². The van der Waals surface area contributed by atoms with E-state index in [-0.39, 0.29) is 24.0 Å². The van der Waals surface area contributed by atoms with Crippen molar-refractivity contribution in [1.29, 1.82) is 0 Å². The molecule has 1 aliphatic heterocycles. The largest absolute Gasteiger partial charge is 0.391 e. The van der Waals surface area contributed by atoms with Crippen LogP contribution in [-0.2, 0) is 4.79 Å². The van der Waals surface area contributed by atoms with Gasteiger partial charge >= 0.3 is 0 Å². The molecule has 1 saturated carbocycles. The van der Waals surface area contributed by atoms with Crippen LogP contribution in [0.5, 0.6) is 0 Å². The van der Waals surface area contributed by atoms with Crippen LogP contribution >= 0.6 is 0 Å². The van der Waals surface area contributed by atoms with Gasteiger partial charge in [-0.15, -0.1) is 0 Å². The summed E-state index contributed by atoms with van der Waals surface area (Å²) in [6, 6.07) is 0.252. The number of aliphatic hydroxyl groups is 1. The molecule has 0 spiro atoms. The molecule has 0 aromatic rings. The van der Waals surface area contributed by atoms with E-state index >= 15 is 0 Å². The summed E-state index contributed by atoms with van der Waals surface area (Å²) >= 11 is 0. The average Bonchev–Trinajstić information content (AvgIpc) is 2.69. The molecule has 1 heterocycles. The van der Waals surface area contributed by atoms with Crippen LogP contribution in [0.15, 0.2) is 0 Å². The molecule has 4 N–H and O–H groups in total. The van der Waals surface area contributed by atoms with Crippen LogP contribution in [0, 0.1) is 5.92 Å². The molecule has 3 unspecified atom stereocenters. The normalized spacial score (nSPS) is 32.6. The van der Waals surface area contributed by atoms with Crippen molar-refractivity contribution < 1.29 is 9.90 Å². The Morgan fingerprint density at radius 2 is 2.00 bits per heavy atom. The molecule has 1 amide bonds. The Morgan fingerprint density at radius 3 is 2.80 bits per heavy atom. The van der Waals surface area contributed by atoms with Crippen molar-refractivity contribution in [2.75, 3.05) is 26.2 Å². The number of rotatable bonds is 4. The first-order valence-corrected chi connectivity index (χ1v) is 8.12. The van der Waals surface area contributed by atoms with Gasteiger partial charge in [0.1, 0.15) is 0 Å². The third-order valence-corrected chi connectivity index (χ3v) is 4.68. The lowest BCUT2D eigenvalue weighted by molar-refractivity contribution is -0.127. The molecule has 20 heavy (non-hydrogen) atoms. The fourth-order valence-electron chi connectivity index (χ4n) is 3.56. The number of carbonyl (C=O) groups excluding carboxylic acids is 1. The summed E-state index contributed by atoms with van der Waals surface area (Å²) < 4.78 is 0. The molecule has 1 aliphatic carbocycles. The predicted molar refractivity (Wildman–Crippen MR) is 79.2 cm³/mol. The van der Waals surface area contributed by atoms with Gasteiger partial charge in [0.05, 0.1) is 12.0 Å². The lowest BCUT2D eigenvalue weighted by atomic mass is 9.93. The van der Waals surface area contributed by atoms with Crippen molar-refractivity contribution in [3.63, 3.8) is 0 Å². The zero-order chi connectivity index (χ0) is 14.4. The minimum atomic E-state index is -0.219. The molecule has 0 aromatic carbocycles. The van der Waals surface area contributed by atoms with Gasteiger partial charge in [0.15, 0.2) is 0 Å². The Morgan fingerprint density at radius 1 is 1.20 bits per heavy atom. The number of piperidine rings is 1. The van der Waals surface area contributed by atoms with E-state index in [2.05, 4.69) is 10.2 Å². The highest BCUT2D eigenvalue weighted by molar-refractivity contribution is 5.78. The van der Waals surface area contributed by atoms with E-state index in [0.717, 1.165) is 45.2 Å². The zero-order valence-corrected chi connectivity index (χ0v) is 12.4. The summed E-state index contributed by atoms with van der Waals surface area (Å²) in [6.45, 7) is 2.85. The summed E-state index contributed by atoms with van der Waals surface area (Å²) in [5, 5.41) is 13.2. The van der Waals surface area contributed by atoms with Crippen LogP contribution in [0.3, 0.4) is 0 Å². The fraction of sp³-hybridized carbons (Fsp3) is 0.933. The number of likely N-dealkylation sites (tertiary alicyclic amines) is 1. The summed E-state index contributed by atoms with van der Waals surface area (Å²) in [5.74, 6) is 0.189. The molecule has 2 aliphatic rings. The molecular formula is C15H29N3O2. The van der Waals surface area contributed by atoms with Crippen LogP contribution in [0.2, 0.25) is 0 Å². The first kappa shape index (κ1) is 15.7. The average molecular weight is 283 g/mol. The van der Waals surface area contributed by atoms with Gasteiger partial charge in [0, 0.05) is 25.7 Å². The molecule has 2 rings (SSSR count). The third-order valence-electron chi connectivity index (χ3n) is 4.68. The van der Waals surface area contributed by atoms with E-state index in [9.17, 15) is 9.90 Å². The van der Waals surface area contributed by atoms with Gasteiger partial charge in [0.25, 0.3) is 0 Å². The van der Waals surface area contributed by atoms with E-state index in [4.69, 9.17) is 5.73 Å². The Kier molecular flexibility index (Phi) is 6.26. The number of aliphatic hydroxyl groups excluding tert-OH is 1. The molecule has 0 bridgehead atoms. The van der Waals surface area contributed by atoms with E-state index < -0.39 is 0 Å². The highest BCUT2D eigenvalue weighted by Crippen LogP contribution is 2.27. The van der Waals surface area contributed by atoms with Gasteiger partial charge in [-0.25, -0.2) is 0 Å². The molecule has 3 atom stereocenters. The van der Waals surface area contributed by atoms with Crippen LogP contribution < -0.4 is 11.1 Å². The number of nitrogens with one attached hydrogen (secondary N) is 1. The van der Waals surface area contributed by atoms with Gasteiger partial charge in [-0.2, -0.15) is 0 Å². The Balaban J connectivity index is 1.90. The molecule has 0 radical (unpaired) electrons. The Labute approximate surface area is 121 Å². The number of hydrogen-bond donors (Lipinski definition) is 3. The second kappa shape index (κ2) is 7.96. The zero-order valence-electron chi connectivity index (χ0n) is 12.4. The minimum Gasteiger partial charge on any atom is -0.391 e. The third kappa shape index (κ3) is 4.17.